The number of anilines is 1. The van der Waals surface area contributed by atoms with Crippen molar-refractivity contribution in [2.24, 2.45) is 4.99 Å². The molecule has 1 fully saturated rings. The molecule has 2 heterocycles. The van der Waals surface area contributed by atoms with Crippen LogP contribution in [0.4, 0.5) is 5.95 Å². The maximum Gasteiger partial charge on any atom is 0.225 e. The molecule has 0 aliphatic carbocycles. The number of halogens is 2. The van der Waals surface area contributed by atoms with Crippen LogP contribution in [0.15, 0.2) is 47.7 Å². The maximum absolute atomic E-state index is 6.20. The van der Waals surface area contributed by atoms with E-state index in [0.717, 1.165) is 68.2 Å². The van der Waals surface area contributed by atoms with Gasteiger partial charge in [-0.2, -0.15) is 0 Å². The third-order valence-corrected chi connectivity index (χ3v) is 5.15. The maximum atomic E-state index is 6.20. The summed E-state index contributed by atoms with van der Waals surface area (Å²) >= 11 is 6.20. The number of rotatable bonds is 7. The smallest absolute Gasteiger partial charge is 0.225 e. The number of nitrogens with one attached hydrogen (secondary N) is 2. The van der Waals surface area contributed by atoms with Gasteiger partial charge < -0.3 is 15.5 Å². The highest BCUT2D eigenvalue weighted by Crippen LogP contribution is 2.14. The van der Waals surface area contributed by atoms with E-state index in [1.165, 1.54) is 0 Å². The minimum absolute atomic E-state index is 0. The quantitative estimate of drug-likeness (QED) is 0.249. The van der Waals surface area contributed by atoms with Crippen LogP contribution in [0.25, 0.3) is 0 Å². The van der Waals surface area contributed by atoms with Gasteiger partial charge in [0.25, 0.3) is 0 Å². The molecule has 1 aliphatic heterocycles. The summed E-state index contributed by atoms with van der Waals surface area (Å²) in [4.78, 5) is 17.7. The van der Waals surface area contributed by atoms with Crippen molar-refractivity contribution in [2.75, 3.05) is 51.2 Å². The van der Waals surface area contributed by atoms with Gasteiger partial charge in [0, 0.05) is 63.7 Å². The number of piperazine rings is 1. The first-order chi connectivity index (χ1) is 13.8. The number of aliphatic imine (C=N–C) groups is 1. The summed E-state index contributed by atoms with van der Waals surface area (Å²) in [6, 6.07) is 9.69. The minimum atomic E-state index is 0. The average molecular weight is 530 g/mol. The Balaban J connectivity index is 0.00000300. The van der Waals surface area contributed by atoms with Crippen molar-refractivity contribution in [3.8, 4) is 0 Å². The molecule has 0 bridgehead atoms. The zero-order valence-corrected chi connectivity index (χ0v) is 19.8. The summed E-state index contributed by atoms with van der Waals surface area (Å²) < 4.78 is 0. The van der Waals surface area contributed by atoms with Crippen LogP contribution in [0, 0.1) is 0 Å². The van der Waals surface area contributed by atoms with Crippen molar-refractivity contribution in [3.05, 3.63) is 53.3 Å². The molecule has 0 amide bonds. The summed E-state index contributed by atoms with van der Waals surface area (Å²) in [5.74, 6) is 1.63. The molecular formula is C20H29ClIN7. The number of aromatic nitrogens is 2. The van der Waals surface area contributed by atoms with Crippen LogP contribution < -0.4 is 15.5 Å². The van der Waals surface area contributed by atoms with E-state index >= 15 is 0 Å². The molecule has 1 aliphatic rings. The van der Waals surface area contributed by atoms with Crippen LogP contribution in [-0.2, 0) is 6.54 Å². The van der Waals surface area contributed by atoms with Crippen molar-refractivity contribution >= 4 is 47.5 Å². The van der Waals surface area contributed by atoms with Crippen molar-refractivity contribution < 1.29 is 0 Å². The van der Waals surface area contributed by atoms with Crippen molar-refractivity contribution in [1.29, 1.82) is 0 Å². The highest BCUT2D eigenvalue weighted by molar-refractivity contribution is 14.0. The number of guanidine groups is 1. The second kappa shape index (κ2) is 12.8. The van der Waals surface area contributed by atoms with E-state index in [1.807, 2.05) is 30.3 Å². The molecule has 1 aromatic heterocycles. The predicted molar refractivity (Wildman–Crippen MR) is 130 cm³/mol. The topological polar surface area (TPSA) is 68.7 Å². The lowest BCUT2D eigenvalue weighted by Crippen LogP contribution is -2.47. The lowest BCUT2D eigenvalue weighted by molar-refractivity contribution is 0.254. The summed E-state index contributed by atoms with van der Waals surface area (Å²) in [7, 11) is 1.78. The Morgan fingerprint density at radius 1 is 1.07 bits per heavy atom. The van der Waals surface area contributed by atoms with Gasteiger partial charge in [0.1, 0.15) is 0 Å². The molecule has 7 nitrogen and oxygen atoms in total. The van der Waals surface area contributed by atoms with Crippen molar-refractivity contribution in [3.63, 3.8) is 0 Å². The Labute approximate surface area is 195 Å². The third kappa shape index (κ3) is 7.60. The summed E-state index contributed by atoms with van der Waals surface area (Å²) in [6.45, 7) is 6.62. The molecule has 9 heteroatoms. The standard InChI is InChI=1S/C20H28ClN7.HI/c1-22-19(26-16-17-6-2-3-7-18(17)21)23-10-5-11-27-12-14-28(15-13-27)20-24-8-4-9-25-20;/h2-4,6-9H,5,10-16H2,1H3,(H2,22,23,26);1H. The second-order valence-electron chi connectivity index (χ2n) is 6.67. The fourth-order valence-electron chi connectivity index (χ4n) is 3.18. The highest BCUT2D eigenvalue weighted by atomic mass is 127. The first kappa shape index (κ1) is 23.6. The van der Waals surface area contributed by atoms with Crippen LogP contribution in [0.1, 0.15) is 12.0 Å². The van der Waals surface area contributed by atoms with E-state index in [4.69, 9.17) is 11.6 Å². The van der Waals surface area contributed by atoms with Crippen LogP contribution in [0.5, 0.6) is 0 Å². The molecule has 0 atom stereocenters. The molecule has 0 radical (unpaired) electrons. The number of hydrogen-bond donors (Lipinski definition) is 2. The van der Waals surface area contributed by atoms with Gasteiger partial charge >= 0.3 is 0 Å². The lowest BCUT2D eigenvalue weighted by Gasteiger charge is -2.34. The largest absolute Gasteiger partial charge is 0.356 e. The lowest BCUT2D eigenvalue weighted by atomic mass is 10.2. The predicted octanol–water partition coefficient (Wildman–Crippen LogP) is 2.63. The summed E-state index contributed by atoms with van der Waals surface area (Å²) in [6.07, 6.45) is 4.66. The molecule has 3 rings (SSSR count). The second-order valence-corrected chi connectivity index (χ2v) is 7.08. The van der Waals surface area contributed by atoms with E-state index in [1.54, 1.807) is 19.4 Å². The van der Waals surface area contributed by atoms with Gasteiger partial charge in [-0.1, -0.05) is 29.8 Å². The van der Waals surface area contributed by atoms with Crippen LogP contribution in [0.3, 0.4) is 0 Å². The van der Waals surface area contributed by atoms with Crippen LogP contribution in [0.2, 0.25) is 5.02 Å². The number of hydrogen-bond acceptors (Lipinski definition) is 5. The molecule has 1 aromatic carbocycles. The van der Waals surface area contributed by atoms with E-state index in [2.05, 4.69) is 35.4 Å². The van der Waals surface area contributed by atoms with Gasteiger partial charge in [0.15, 0.2) is 5.96 Å². The van der Waals surface area contributed by atoms with Gasteiger partial charge in [0.2, 0.25) is 5.95 Å². The average Bonchev–Trinajstić information content (AvgIpc) is 2.75. The molecule has 1 saturated heterocycles. The van der Waals surface area contributed by atoms with Crippen LogP contribution in [-0.4, -0.2) is 67.1 Å². The first-order valence-electron chi connectivity index (χ1n) is 9.68. The Morgan fingerprint density at radius 3 is 2.48 bits per heavy atom. The van der Waals surface area contributed by atoms with Gasteiger partial charge in [-0.15, -0.1) is 24.0 Å². The Hall–Kier alpha value is -1.65. The molecule has 2 aromatic rings. The van der Waals surface area contributed by atoms with E-state index in [0.29, 0.717) is 6.54 Å². The Morgan fingerprint density at radius 2 is 1.79 bits per heavy atom. The van der Waals surface area contributed by atoms with Gasteiger partial charge in [-0.3, -0.25) is 9.89 Å². The number of benzene rings is 1. The fraction of sp³-hybridized carbons (Fsp3) is 0.450. The van der Waals surface area contributed by atoms with E-state index < -0.39 is 0 Å². The first-order valence-corrected chi connectivity index (χ1v) is 10.1. The molecule has 0 saturated carbocycles. The molecule has 0 spiro atoms. The van der Waals surface area contributed by atoms with E-state index in [9.17, 15) is 0 Å². The summed E-state index contributed by atoms with van der Waals surface area (Å²) in [5.41, 5.74) is 1.06. The van der Waals surface area contributed by atoms with Gasteiger partial charge in [-0.05, 0) is 30.7 Å². The van der Waals surface area contributed by atoms with Crippen LogP contribution >= 0.6 is 35.6 Å². The molecule has 158 valence electrons. The molecular weight excluding hydrogens is 501 g/mol. The van der Waals surface area contributed by atoms with Gasteiger partial charge in [0.05, 0.1) is 0 Å². The van der Waals surface area contributed by atoms with Crippen molar-refractivity contribution in [1.82, 2.24) is 25.5 Å². The number of nitrogens with zero attached hydrogens (tertiary/aromatic N) is 5. The minimum Gasteiger partial charge on any atom is -0.356 e. The highest BCUT2D eigenvalue weighted by Gasteiger charge is 2.18. The molecule has 0 unspecified atom stereocenters. The molecule has 2 N–H and O–H groups in total. The zero-order chi connectivity index (χ0) is 19.6. The van der Waals surface area contributed by atoms with Crippen molar-refractivity contribution in [2.45, 2.75) is 13.0 Å². The Bertz CT molecular complexity index is 752. The Kier molecular flexibility index (Phi) is 10.4. The zero-order valence-electron chi connectivity index (χ0n) is 16.7. The fourth-order valence-corrected chi connectivity index (χ4v) is 3.38. The molecule has 29 heavy (non-hydrogen) atoms. The summed E-state index contributed by atoms with van der Waals surface area (Å²) in [5, 5.41) is 7.45. The monoisotopic (exact) mass is 529 g/mol. The SMILES string of the molecule is CN=C(NCCCN1CCN(c2ncccn2)CC1)NCc1ccccc1Cl.I. The van der Waals surface area contributed by atoms with Gasteiger partial charge in [-0.25, -0.2) is 9.97 Å². The third-order valence-electron chi connectivity index (χ3n) is 4.78. The normalized spacial score (nSPS) is 15.0. The van der Waals surface area contributed by atoms with E-state index in [-0.39, 0.29) is 24.0 Å².